The Morgan fingerprint density at radius 3 is 2.14 bits per heavy atom. The lowest BCUT2D eigenvalue weighted by molar-refractivity contribution is -0.873. The van der Waals surface area contributed by atoms with Gasteiger partial charge in [-0.1, -0.05) is 32.9 Å². The van der Waals surface area contributed by atoms with E-state index >= 15 is 0 Å². The van der Waals surface area contributed by atoms with Gasteiger partial charge in [-0.2, -0.15) is 0 Å². The standard InChI is InChI=1S/C18H32NO3/c1-18(2,3)15-7-9-17(10-8-15)22-12-11-21-14-16(20)13-19(4,5)6/h7-10,16,20H,11-14H2,1-6H3/q+1/t16-/m0/s1. The number of aliphatic hydroxyl groups excluding tert-OH is 1. The van der Waals surface area contributed by atoms with E-state index in [1.165, 1.54) is 5.56 Å². The van der Waals surface area contributed by atoms with Crippen molar-refractivity contribution in [1.29, 1.82) is 0 Å². The molecule has 1 rings (SSSR count). The molecular formula is C18H32NO3+. The molecule has 126 valence electrons. The fourth-order valence-electron chi connectivity index (χ4n) is 2.17. The van der Waals surface area contributed by atoms with Crippen molar-refractivity contribution in [2.24, 2.45) is 0 Å². The van der Waals surface area contributed by atoms with Crippen molar-refractivity contribution in [3.63, 3.8) is 0 Å². The predicted octanol–water partition coefficient (Wildman–Crippen LogP) is 2.45. The minimum atomic E-state index is -0.439. The fraction of sp³-hybridized carbons (Fsp3) is 0.667. The van der Waals surface area contributed by atoms with E-state index in [4.69, 9.17) is 9.47 Å². The lowest BCUT2D eigenvalue weighted by atomic mass is 9.87. The van der Waals surface area contributed by atoms with Crippen LogP contribution in [0.15, 0.2) is 24.3 Å². The summed E-state index contributed by atoms with van der Waals surface area (Å²) in [4.78, 5) is 0. The number of nitrogens with zero attached hydrogens (tertiary/aromatic N) is 1. The van der Waals surface area contributed by atoms with Gasteiger partial charge in [-0.25, -0.2) is 0 Å². The van der Waals surface area contributed by atoms with Crippen LogP contribution in [0.3, 0.4) is 0 Å². The SMILES string of the molecule is CC(C)(C)c1ccc(OCCOC[C@@H](O)C[N+](C)(C)C)cc1. The number of aliphatic hydroxyl groups is 1. The highest BCUT2D eigenvalue weighted by Gasteiger charge is 2.15. The van der Waals surface area contributed by atoms with Gasteiger partial charge in [0.2, 0.25) is 0 Å². The molecule has 1 atom stereocenters. The van der Waals surface area contributed by atoms with E-state index in [2.05, 4.69) is 32.9 Å². The number of hydrogen-bond acceptors (Lipinski definition) is 3. The summed E-state index contributed by atoms with van der Waals surface area (Å²) in [6, 6.07) is 8.18. The molecule has 1 N–H and O–H groups in total. The first kappa shape index (κ1) is 18.9. The van der Waals surface area contributed by atoms with Gasteiger partial charge in [0.05, 0.1) is 34.4 Å². The highest BCUT2D eigenvalue weighted by atomic mass is 16.5. The lowest BCUT2D eigenvalue weighted by Gasteiger charge is -2.26. The monoisotopic (exact) mass is 310 g/mol. The van der Waals surface area contributed by atoms with Gasteiger partial charge in [0.25, 0.3) is 0 Å². The van der Waals surface area contributed by atoms with Crippen molar-refractivity contribution in [3.8, 4) is 5.75 Å². The maximum Gasteiger partial charge on any atom is 0.126 e. The van der Waals surface area contributed by atoms with Crippen LogP contribution in [0.4, 0.5) is 0 Å². The second-order valence-corrected chi connectivity index (χ2v) is 7.82. The number of likely N-dealkylation sites (N-methyl/N-ethyl adjacent to an activating group) is 1. The maximum absolute atomic E-state index is 9.83. The minimum Gasteiger partial charge on any atom is -0.491 e. The Morgan fingerprint density at radius 1 is 1.05 bits per heavy atom. The Hall–Kier alpha value is -1.10. The molecule has 0 radical (unpaired) electrons. The normalized spacial score (nSPS) is 14.0. The van der Waals surface area contributed by atoms with E-state index in [1.54, 1.807) is 0 Å². The molecule has 0 saturated heterocycles. The molecule has 0 bridgehead atoms. The van der Waals surface area contributed by atoms with Gasteiger partial charge < -0.3 is 19.1 Å². The molecule has 22 heavy (non-hydrogen) atoms. The van der Waals surface area contributed by atoms with Crippen LogP contribution in [0.25, 0.3) is 0 Å². The number of quaternary nitrogens is 1. The van der Waals surface area contributed by atoms with E-state index in [9.17, 15) is 5.11 Å². The van der Waals surface area contributed by atoms with Gasteiger partial charge in [-0.05, 0) is 23.1 Å². The second-order valence-electron chi connectivity index (χ2n) is 7.82. The van der Waals surface area contributed by atoms with Gasteiger partial charge in [0.15, 0.2) is 0 Å². The molecule has 1 aromatic rings. The number of rotatable bonds is 8. The van der Waals surface area contributed by atoms with E-state index in [-0.39, 0.29) is 5.41 Å². The third kappa shape index (κ3) is 7.78. The molecule has 4 heteroatoms. The Kier molecular flexibility index (Phi) is 6.85. The van der Waals surface area contributed by atoms with Gasteiger partial charge in [-0.3, -0.25) is 0 Å². The largest absolute Gasteiger partial charge is 0.491 e. The zero-order valence-electron chi connectivity index (χ0n) is 14.9. The summed E-state index contributed by atoms with van der Waals surface area (Å²) in [6.07, 6.45) is -0.439. The fourth-order valence-corrected chi connectivity index (χ4v) is 2.17. The Morgan fingerprint density at radius 2 is 1.64 bits per heavy atom. The maximum atomic E-state index is 9.83. The van der Waals surface area contributed by atoms with Crippen molar-refractivity contribution < 1.29 is 19.1 Å². The first-order valence-electron chi connectivity index (χ1n) is 7.87. The van der Waals surface area contributed by atoms with Gasteiger partial charge in [0.1, 0.15) is 25.0 Å². The van der Waals surface area contributed by atoms with E-state index in [0.717, 1.165) is 10.2 Å². The molecule has 0 aliphatic carbocycles. The van der Waals surface area contributed by atoms with Crippen molar-refractivity contribution in [1.82, 2.24) is 0 Å². The Bertz CT molecular complexity index is 429. The summed E-state index contributed by atoms with van der Waals surface area (Å²) in [5, 5.41) is 9.83. The summed E-state index contributed by atoms with van der Waals surface area (Å²) < 4.78 is 11.8. The highest BCUT2D eigenvalue weighted by molar-refractivity contribution is 5.31. The van der Waals surface area contributed by atoms with Crippen LogP contribution in [0.5, 0.6) is 5.75 Å². The lowest BCUT2D eigenvalue weighted by Crippen LogP contribution is -2.43. The molecule has 0 unspecified atom stereocenters. The van der Waals surface area contributed by atoms with Crippen LogP contribution in [0.1, 0.15) is 26.3 Å². The number of hydrogen-bond donors (Lipinski definition) is 1. The van der Waals surface area contributed by atoms with Crippen LogP contribution in [0.2, 0.25) is 0 Å². The topological polar surface area (TPSA) is 38.7 Å². The number of ether oxygens (including phenoxy) is 2. The molecule has 0 spiro atoms. The molecule has 0 heterocycles. The van der Waals surface area contributed by atoms with Crippen molar-refractivity contribution in [3.05, 3.63) is 29.8 Å². The predicted molar refractivity (Wildman–Crippen MR) is 90.4 cm³/mol. The number of benzene rings is 1. The Labute approximate surface area is 135 Å². The summed E-state index contributed by atoms with van der Waals surface area (Å²) in [7, 11) is 6.15. The van der Waals surface area contributed by atoms with Crippen LogP contribution in [-0.4, -0.2) is 63.2 Å². The molecule has 0 fully saturated rings. The zero-order chi connectivity index (χ0) is 16.8. The summed E-state index contributed by atoms with van der Waals surface area (Å²) in [5.74, 6) is 0.850. The van der Waals surface area contributed by atoms with Gasteiger partial charge in [0, 0.05) is 0 Å². The second kappa shape index (κ2) is 7.95. The summed E-state index contributed by atoms with van der Waals surface area (Å²) >= 11 is 0. The van der Waals surface area contributed by atoms with Crippen LogP contribution in [0, 0.1) is 0 Å². The molecule has 0 aliphatic rings. The van der Waals surface area contributed by atoms with E-state index in [1.807, 2.05) is 33.3 Å². The molecule has 0 amide bonds. The van der Waals surface area contributed by atoms with Gasteiger partial charge in [-0.15, -0.1) is 0 Å². The third-order valence-electron chi connectivity index (χ3n) is 3.29. The van der Waals surface area contributed by atoms with Crippen LogP contribution < -0.4 is 4.74 Å². The first-order valence-corrected chi connectivity index (χ1v) is 7.87. The van der Waals surface area contributed by atoms with E-state index < -0.39 is 6.10 Å². The average molecular weight is 310 g/mol. The highest BCUT2D eigenvalue weighted by Crippen LogP contribution is 2.24. The van der Waals surface area contributed by atoms with Crippen LogP contribution in [-0.2, 0) is 10.2 Å². The molecular weight excluding hydrogens is 278 g/mol. The third-order valence-corrected chi connectivity index (χ3v) is 3.29. The van der Waals surface area contributed by atoms with Crippen molar-refractivity contribution in [2.45, 2.75) is 32.3 Å². The zero-order valence-corrected chi connectivity index (χ0v) is 14.9. The summed E-state index contributed by atoms with van der Waals surface area (Å²) in [6.45, 7) is 8.58. The van der Waals surface area contributed by atoms with Crippen LogP contribution >= 0.6 is 0 Å². The quantitative estimate of drug-likeness (QED) is 0.592. The average Bonchev–Trinajstić information content (AvgIpc) is 2.35. The van der Waals surface area contributed by atoms with E-state index in [0.29, 0.717) is 26.4 Å². The minimum absolute atomic E-state index is 0.156. The molecule has 0 saturated carbocycles. The molecule has 0 aliphatic heterocycles. The molecule has 4 nitrogen and oxygen atoms in total. The molecule has 0 aromatic heterocycles. The first-order chi connectivity index (χ1) is 10.1. The van der Waals surface area contributed by atoms with Gasteiger partial charge >= 0.3 is 0 Å². The Balaban J connectivity index is 2.22. The smallest absolute Gasteiger partial charge is 0.126 e. The summed E-state index contributed by atoms with van der Waals surface area (Å²) in [5.41, 5.74) is 1.45. The van der Waals surface area contributed by atoms with Crippen molar-refractivity contribution in [2.75, 3.05) is 47.5 Å². The molecule has 1 aromatic carbocycles. The van der Waals surface area contributed by atoms with Crippen molar-refractivity contribution >= 4 is 0 Å².